The van der Waals surface area contributed by atoms with E-state index in [2.05, 4.69) is 10.4 Å². The van der Waals surface area contributed by atoms with E-state index in [1.54, 1.807) is 18.3 Å². The van der Waals surface area contributed by atoms with Crippen LogP contribution in [0.4, 0.5) is 13.2 Å². The first-order chi connectivity index (χ1) is 15.1. The molecule has 1 N–H and O–H groups in total. The molecule has 0 spiro atoms. The fraction of sp³-hybridized carbons (Fsp3) is 0.609. The molecule has 4 aliphatic rings. The number of halogens is 3. The fourth-order valence-electron chi connectivity index (χ4n) is 6.72. The number of rotatable bonds is 5. The molecule has 2 amide bonds. The molecule has 2 aromatic rings. The normalized spacial score (nSPS) is 28.8. The van der Waals surface area contributed by atoms with Crippen LogP contribution in [-0.2, 0) is 0 Å². The summed E-state index contributed by atoms with van der Waals surface area (Å²) in [6, 6.07) is 4.68. The molecule has 9 heteroatoms. The number of fused-ring (bicyclic) bond motifs is 1. The van der Waals surface area contributed by atoms with E-state index in [1.807, 2.05) is 0 Å². The van der Waals surface area contributed by atoms with Crippen molar-refractivity contribution in [2.45, 2.75) is 44.7 Å². The van der Waals surface area contributed by atoms with Crippen molar-refractivity contribution in [2.75, 3.05) is 20.1 Å². The number of pyridine rings is 1. The second-order valence-electron chi connectivity index (χ2n) is 10.2. The van der Waals surface area contributed by atoms with Crippen molar-refractivity contribution >= 4 is 17.3 Å². The summed E-state index contributed by atoms with van der Waals surface area (Å²) in [5.74, 6) is 1.29. The Morgan fingerprint density at radius 2 is 1.81 bits per heavy atom. The second-order valence-corrected chi connectivity index (χ2v) is 10.2. The Morgan fingerprint density at radius 3 is 2.41 bits per heavy atom. The molecular formula is C23H27F3N4O2. The van der Waals surface area contributed by atoms with Crippen LogP contribution in [0.15, 0.2) is 24.4 Å². The summed E-state index contributed by atoms with van der Waals surface area (Å²) in [7, 11) is 1.08. The molecule has 4 bridgehead atoms. The van der Waals surface area contributed by atoms with Crippen LogP contribution >= 0.6 is 0 Å². The summed E-state index contributed by atoms with van der Waals surface area (Å²) in [5.41, 5.74) is 0.830. The third-order valence-corrected chi connectivity index (χ3v) is 7.52. The highest BCUT2D eigenvalue weighted by molar-refractivity contribution is 6.02. The minimum absolute atomic E-state index is 0.127. The molecule has 4 fully saturated rings. The van der Waals surface area contributed by atoms with E-state index in [0.717, 1.165) is 24.8 Å². The Morgan fingerprint density at radius 1 is 1.19 bits per heavy atom. The number of nitrogens with one attached hydrogen (secondary N) is 1. The minimum Gasteiger partial charge on any atom is -0.351 e. The molecule has 0 aromatic carbocycles. The molecular weight excluding hydrogens is 421 g/mol. The molecule has 6 nitrogen and oxygen atoms in total. The molecule has 0 unspecified atom stereocenters. The highest BCUT2D eigenvalue weighted by Gasteiger charge is 2.50. The summed E-state index contributed by atoms with van der Waals surface area (Å²) in [6.07, 6.45) is 4.63. The van der Waals surface area contributed by atoms with Crippen molar-refractivity contribution in [3.63, 3.8) is 0 Å². The molecule has 2 heterocycles. The van der Waals surface area contributed by atoms with Gasteiger partial charge in [-0.05, 0) is 79.9 Å². The Labute approximate surface area is 184 Å². The molecule has 6 rings (SSSR count). The molecule has 4 aliphatic carbocycles. The van der Waals surface area contributed by atoms with Crippen molar-refractivity contribution in [1.82, 2.24) is 19.8 Å². The first-order valence-corrected chi connectivity index (χ1v) is 11.2. The smallest absolute Gasteiger partial charge is 0.351 e. The van der Waals surface area contributed by atoms with Crippen LogP contribution in [0.3, 0.4) is 0 Å². The lowest BCUT2D eigenvalue weighted by Gasteiger charge is -2.56. The minimum atomic E-state index is -4.49. The van der Waals surface area contributed by atoms with Gasteiger partial charge < -0.3 is 10.2 Å². The van der Waals surface area contributed by atoms with Crippen LogP contribution in [0.1, 0.15) is 59.4 Å². The lowest BCUT2D eigenvalue weighted by Crippen LogP contribution is -2.51. The van der Waals surface area contributed by atoms with E-state index in [0.29, 0.717) is 22.5 Å². The number of amides is 2. The van der Waals surface area contributed by atoms with Crippen LogP contribution < -0.4 is 5.32 Å². The summed E-state index contributed by atoms with van der Waals surface area (Å²) >= 11 is 0. The number of aromatic nitrogens is 2. The Hall–Kier alpha value is -2.58. The molecule has 172 valence electrons. The van der Waals surface area contributed by atoms with Gasteiger partial charge in [-0.3, -0.25) is 9.59 Å². The highest BCUT2D eigenvalue weighted by Crippen LogP contribution is 2.59. The Bertz CT molecular complexity index is 1030. The van der Waals surface area contributed by atoms with Gasteiger partial charge in [-0.1, -0.05) is 0 Å². The van der Waals surface area contributed by atoms with Gasteiger partial charge in [0.25, 0.3) is 11.8 Å². The van der Waals surface area contributed by atoms with Crippen LogP contribution in [0, 0.1) is 23.2 Å². The van der Waals surface area contributed by atoms with Gasteiger partial charge in [0.05, 0.1) is 11.1 Å². The van der Waals surface area contributed by atoms with E-state index in [9.17, 15) is 22.8 Å². The average Bonchev–Trinajstić information content (AvgIpc) is 3.13. The van der Waals surface area contributed by atoms with Crippen LogP contribution in [-0.4, -0.2) is 52.6 Å². The van der Waals surface area contributed by atoms with Gasteiger partial charge in [0.1, 0.15) is 6.54 Å². The number of hydrogen-bond acceptors (Lipinski definition) is 3. The maximum absolute atomic E-state index is 13.1. The zero-order valence-corrected chi connectivity index (χ0v) is 18.0. The highest BCUT2D eigenvalue weighted by atomic mass is 19.4. The summed E-state index contributed by atoms with van der Waals surface area (Å²) < 4.78 is 39.3. The SMILES string of the molecule is CN(CC(F)(F)F)C(=O)c1cc2c(C(=O)NCC34CC5CC(CC(C5)C3)C4)cccn2n1. The zero-order valence-electron chi connectivity index (χ0n) is 18.0. The molecule has 0 aliphatic heterocycles. The summed E-state index contributed by atoms with van der Waals surface area (Å²) in [6.45, 7) is -0.719. The fourth-order valence-corrected chi connectivity index (χ4v) is 6.72. The predicted octanol–water partition coefficient (Wildman–Crippen LogP) is 3.91. The van der Waals surface area contributed by atoms with Gasteiger partial charge >= 0.3 is 6.18 Å². The van der Waals surface area contributed by atoms with E-state index < -0.39 is 18.6 Å². The molecule has 32 heavy (non-hydrogen) atoms. The van der Waals surface area contributed by atoms with E-state index in [1.165, 1.54) is 49.1 Å². The van der Waals surface area contributed by atoms with Gasteiger partial charge in [0.15, 0.2) is 5.69 Å². The first-order valence-electron chi connectivity index (χ1n) is 11.2. The largest absolute Gasteiger partial charge is 0.406 e. The van der Waals surface area contributed by atoms with E-state index >= 15 is 0 Å². The van der Waals surface area contributed by atoms with E-state index in [-0.39, 0.29) is 17.0 Å². The Balaban J connectivity index is 1.32. The lowest BCUT2D eigenvalue weighted by molar-refractivity contribution is -0.138. The van der Waals surface area contributed by atoms with Crippen LogP contribution in [0.25, 0.3) is 5.52 Å². The Kier molecular flexibility index (Phi) is 4.98. The first kappa shape index (κ1) is 21.3. The maximum Gasteiger partial charge on any atom is 0.406 e. The topological polar surface area (TPSA) is 66.7 Å². The quantitative estimate of drug-likeness (QED) is 0.754. The average molecular weight is 448 g/mol. The van der Waals surface area contributed by atoms with Gasteiger partial charge in [-0.25, -0.2) is 4.52 Å². The number of carbonyl (C=O) groups is 2. The third kappa shape index (κ3) is 3.97. The molecule has 0 radical (unpaired) electrons. The van der Waals surface area contributed by atoms with Crippen LogP contribution in [0.5, 0.6) is 0 Å². The molecule has 2 aromatic heterocycles. The lowest BCUT2D eigenvalue weighted by atomic mass is 9.49. The predicted molar refractivity (Wildman–Crippen MR) is 111 cm³/mol. The van der Waals surface area contributed by atoms with Crippen molar-refractivity contribution in [1.29, 1.82) is 0 Å². The van der Waals surface area contributed by atoms with Gasteiger partial charge in [-0.15, -0.1) is 0 Å². The summed E-state index contributed by atoms with van der Waals surface area (Å²) in [4.78, 5) is 26.0. The maximum atomic E-state index is 13.1. The van der Waals surface area contributed by atoms with E-state index in [4.69, 9.17) is 0 Å². The monoisotopic (exact) mass is 448 g/mol. The van der Waals surface area contributed by atoms with Gasteiger partial charge in [0.2, 0.25) is 0 Å². The zero-order chi connectivity index (χ0) is 22.7. The van der Waals surface area contributed by atoms with Gasteiger partial charge in [-0.2, -0.15) is 18.3 Å². The number of carbonyl (C=O) groups excluding carboxylic acids is 2. The standard InChI is InChI=1S/C23H27F3N4O2/c1-29(13-23(24,25)26)21(32)18-8-19-17(3-2-4-30(19)28-18)20(31)27-12-22-9-14-5-15(10-22)7-16(6-14)11-22/h2-4,8,14-16H,5-7,9-13H2,1H3,(H,27,31). The van der Waals surface area contributed by atoms with Crippen molar-refractivity contribution in [3.8, 4) is 0 Å². The van der Waals surface area contributed by atoms with Gasteiger partial charge in [0, 0.05) is 19.8 Å². The number of nitrogens with zero attached hydrogens (tertiary/aromatic N) is 3. The van der Waals surface area contributed by atoms with Crippen molar-refractivity contribution in [2.24, 2.45) is 23.2 Å². The number of alkyl halides is 3. The second kappa shape index (κ2) is 7.49. The van der Waals surface area contributed by atoms with Crippen LogP contribution in [0.2, 0.25) is 0 Å². The molecule has 4 saturated carbocycles. The number of hydrogen-bond donors (Lipinski definition) is 1. The third-order valence-electron chi connectivity index (χ3n) is 7.52. The van der Waals surface area contributed by atoms with Crippen molar-refractivity contribution in [3.05, 3.63) is 35.7 Å². The molecule has 0 atom stereocenters. The van der Waals surface area contributed by atoms with Crippen molar-refractivity contribution < 1.29 is 22.8 Å². The summed E-state index contributed by atoms with van der Waals surface area (Å²) in [5, 5.41) is 7.22. The molecule has 0 saturated heterocycles.